The van der Waals surface area contributed by atoms with E-state index in [4.69, 9.17) is 4.74 Å². The number of likely N-dealkylation sites (N-methyl/N-ethyl adjacent to an activating group) is 1. The molecular weight excluding hydrogens is 236 g/mol. The lowest BCUT2D eigenvalue weighted by atomic mass is 9.98. The molecule has 2 unspecified atom stereocenters. The number of pyridine rings is 1. The fraction of sp³-hybridized carbons (Fsp3) is 0.688. The van der Waals surface area contributed by atoms with E-state index < -0.39 is 0 Å². The van der Waals surface area contributed by atoms with Crippen LogP contribution in [-0.2, 0) is 17.6 Å². The van der Waals surface area contributed by atoms with Gasteiger partial charge in [0, 0.05) is 38.1 Å². The van der Waals surface area contributed by atoms with Gasteiger partial charge in [-0.3, -0.25) is 4.98 Å². The number of aryl methyl sites for hydroxylation is 1. The molecule has 0 aliphatic carbocycles. The van der Waals surface area contributed by atoms with Crippen molar-refractivity contribution in [1.29, 1.82) is 0 Å². The lowest BCUT2D eigenvalue weighted by molar-refractivity contribution is 0.149. The van der Waals surface area contributed by atoms with Crippen LogP contribution in [0.5, 0.6) is 0 Å². The van der Waals surface area contributed by atoms with Crippen molar-refractivity contribution in [3.05, 3.63) is 29.6 Å². The molecule has 0 saturated carbocycles. The maximum absolute atomic E-state index is 5.22. The van der Waals surface area contributed by atoms with Crippen LogP contribution in [0.15, 0.2) is 18.3 Å². The third-order valence-corrected chi connectivity index (χ3v) is 3.38. The van der Waals surface area contributed by atoms with Crippen molar-refractivity contribution in [3.63, 3.8) is 0 Å². The highest BCUT2D eigenvalue weighted by Gasteiger charge is 2.13. The Balaban J connectivity index is 2.55. The molecule has 2 atom stereocenters. The predicted molar refractivity (Wildman–Crippen MR) is 80.4 cm³/mol. The Bertz CT molecular complexity index is 337. The summed E-state index contributed by atoms with van der Waals surface area (Å²) in [4.78, 5) is 4.55. The van der Waals surface area contributed by atoms with Crippen LogP contribution < -0.4 is 5.32 Å². The van der Waals surface area contributed by atoms with Gasteiger partial charge < -0.3 is 10.1 Å². The van der Waals surface area contributed by atoms with Crippen molar-refractivity contribution >= 4 is 0 Å². The zero-order valence-corrected chi connectivity index (χ0v) is 12.8. The van der Waals surface area contributed by atoms with E-state index in [0.29, 0.717) is 12.0 Å². The highest BCUT2D eigenvalue weighted by atomic mass is 16.5. The molecule has 0 aliphatic heterocycles. The monoisotopic (exact) mass is 264 g/mol. The van der Waals surface area contributed by atoms with Gasteiger partial charge in [-0.05, 0) is 36.9 Å². The summed E-state index contributed by atoms with van der Waals surface area (Å²) in [5.41, 5.74) is 2.48. The molecule has 0 radical (unpaired) electrons. The van der Waals surface area contributed by atoms with Crippen LogP contribution >= 0.6 is 0 Å². The lowest BCUT2D eigenvalue weighted by Crippen LogP contribution is -2.33. The van der Waals surface area contributed by atoms with Crippen LogP contribution in [0.4, 0.5) is 0 Å². The van der Waals surface area contributed by atoms with E-state index in [2.05, 4.69) is 43.2 Å². The van der Waals surface area contributed by atoms with Gasteiger partial charge in [0.15, 0.2) is 0 Å². The molecule has 0 fully saturated rings. The van der Waals surface area contributed by atoms with Crippen molar-refractivity contribution < 1.29 is 4.74 Å². The first kappa shape index (κ1) is 16.1. The van der Waals surface area contributed by atoms with Crippen LogP contribution in [0.3, 0.4) is 0 Å². The van der Waals surface area contributed by atoms with Gasteiger partial charge in [-0.15, -0.1) is 0 Å². The van der Waals surface area contributed by atoms with Crippen molar-refractivity contribution in [3.8, 4) is 0 Å². The maximum Gasteiger partial charge on any atom is 0.0488 e. The minimum absolute atomic E-state index is 0.482. The van der Waals surface area contributed by atoms with Crippen LogP contribution in [0.1, 0.15) is 38.4 Å². The molecule has 1 aromatic rings. The van der Waals surface area contributed by atoms with Gasteiger partial charge >= 0.3 is 0 Å². The molecule has 0 saturated heterocycles. The summed E-state index contributed by atoms with van der Waals surface area (Å²) in [5, 5.41) is 3.55. The van der Waals surface area contributed by atoms with Gasteiger partial charge in [0.2, 0.25) is 0 Å². The van der Waals surface area contributed by atoms with Crippen molar-refractivity contribution in [2.45, 2.75) is 46.1 Å². The minimum atomic E-state index is 0.482. The second-order valence-corrected chi connectivity index (χ2v) is 5.27. The standard InChI is InChI=1S/C16H28N2O/c1-5-14-7-8-15(18-11-14)10-16(17-6-2)9-13(3)12-19-4/h7-8,11,13,16-17H,5-6,9-10,12H2,1-4H3. The zero-order valence-electron chi connectivity index (χ0n) is 12.8. The van der Waals surface area contributed by atoms with E-state index >= 15 is 0 Å². The van der Waals surface area contributed by atoms with Gasteiger partial charge in [-0.1, -0.05) is 26.8 Å². The predicted octanol–water partition coefficient (Wildman–Crippen LogP) is 2.84. The number of hydrogen-bond donors (Lipinski definition) is 1. The van der Waals surface area contributed by atoms with E-state index in [1.807, 2.05) is 6.20 Å². The molecule has 0 amide bonds. The van der Waals surface area contributed by atoms with Crippen LogP contribution in [0.25, 0.3) is 0 Å². The number of nitrogens with zero attached hydrogens (tertiary/aromatic N) is 1. The van der Waals surface area contributed by atoms with Crippen LogP contribution in [0.2, 0.25) is 0 Å². The van der Waals surface area contributed by atoms with Gasteiger partial charge in [0.05, 0.1) is 0 Å². The minimum Gasteiger partial charge on any atom is -0.384 e. The maximum atomic E-state index is 5.22. The Kier molecular flexibility index (Phi) is 7.68. The van der Waals surface area contributed by atoms with E-state index in [1.165, 1.54) is 11.3 Å². The molecule has 19 heavy (non-hydrogen) atoms. The molecule has 3 nitrogen and oxygen atoms in total. The largest absolute Gasteiger partial charge is 0.384 e. The number of methoxy groups -OCH3 is 1. The van der Waals surface area contributed by atoms with Gasteiger partial charge in [0.1, 0.15) is 0 Å². The number of hydrogen-bond acceptors (Lipinski definition) is 3. The highest BCUT2D eigenvalue weighted by molar-refractivity contribution is 5.14. The Morgan fingerprint density at radius 2 is 2.11 bits per heavy atom. The number of ether oxygens (including phenoxy) is 1. The number of rotatable bonds is 9. The van der Waals surface area contributed by atoms with E-state index in [1.54, 1.807) is 7.11 Å². The fourth-order valence-electron chi connectivity index (χ4n) is 2.40. The summed E-state index contributed by atoms with van der Waals surface area (Å²) in [7, 11) is 1.77. The van der Waals surface area contributed by atoms with Crippen LogP contribution in [0, 0.1) is 5.92 Å². The normalized spacial score (nSPS) is 14.3. The summed E-state index contributed by atoms with van der Waals surface area (Å²) in [6.45, 7) is 8.37. The van der Waals surface area contributed by atoms with Crippen LogP contribution in [-0.4, -0.2) is 31.3 Å². The Labute approximate surface area is 117 Å². The van der Waals surface area contributed by atoms with E-state index in [9.17, 15) is 0 Å². The second-order valence-electron chi connectivity index (χ2n) is 5.27. The first-order valence-electron chi connectivity index (χ1n) is 7.35. The second kappa shape index (κ2) is 9.05. The average molecular weight is 264 g/mol. The summed E-state index contributed by atoms with van der Waals surface area (Å²) < 4.78 is 5.22. The molecule has 1 rings (SSSR count). The summed E-state index contributed by atoms with van der Waals surface area (Å²) in [6, 6.07) is 4.82. The first-order chi connectivity index (χ1) is 9.19. The molecule has 108 valence electrons. The Hall–Kier alpha value is -0.930. The molecule has 0 spiro atoms. The first-order valence-corrected chi connectivity index (χ1v) is 7.35. The fourth-order valence-corrected chi connectivity index (χ4v) is 2.40. The van der Waals surface area contributed by atoms with E-state index in [-0.39, 0.29) is 0 Å². The molecule has 0 bridgehead atoms. The summed E-state index contributed by atoms with van der Waals surface area (Å²) >= 11 is 0. The van der Waals surface area contributed by atoms with Crippen molar-refractivity contribution in [1.82, 2.24) is 10.3 Å². The van der Waals surface area contributed by atoms with E-state index in [0.717, 1.165) is 32.4 Å². The van der Waals surface area contributed by atoms with Gasteiger partial charge in [0.25, 0.3) is 0 Å². The number of nitrogens with one attached hydrogen (secondary N) is 1. The summed E-state index contributed by atoms with van der Waals surface area (Å²) in [5.74, 6) is 0.573. The smallest absolute Gasteiger partial charge is 0.0488 e. The molecule has 1 N–H and O–H groups in total. The lowest BCUT2D eigenvalue weighted by Gasteiger charge is -2.21. The molecule has 0 aliphatic rings. The quantitative estimate of drug-likeness (QED) is 0.744. The summed E-state index contributed by atoms with van der Waals surface area (Å²) in [6.07, 6.45) is 5.16. The molecule has 1 heterocycles. The van der Waals surface area contributed by atoms with Crippen molar-refractivity contribution in [2.75, 3.05) is 20.3 Å². The van der Waals surface area contributed by atoms with Gasteiger partial charge in [-0.25, -0.2) is 0 Å². The molecular formula is C16H28N2O. The third-order valence-electron chi connectivity index (χ3n) is 3.38. The molecule has 1 aromatic heterocycles. The average Bonchev–Trinajstić information content (AvgIpc) is 2.40. The number of aromatic nitrogens is 1. The SMILES string of the molecule is CCNC(Cc1ccc(CC)cn1)CC(C)COC. The van der Waals surface area contributed by atoms with Crippen molar-refractivity contribution in [2.24, 2.45) is 5.92 Å². The zero-order chi connectivity index (χ0) is 14.1. The highest BCUT2D eigenvalue weighted by Crippen LogP contribution is 2.11. The Morgan fingerprint density at radius 3 is 2.63 bits per heavy atom. The molecule has 3 heteroatoms. The topological polar surface area (TPSA) is 34.2 Å². The third kappa shape index (κ3) is 6.17. The van der Waals surface area contributed by atoms with Gasteiger partial charge in [-0.2, -0.15) is 0 Å². The molecule has 0 aromatic carbocycles. The Morgan fingerprint density at radius 1 is 1.32 bits per heavy atom.